The van der Waals surface area contributed by atoms with Crippen molar-refractivity contribution in [2.24, 2.45) is 0 Å². The maximum absolute atomic E-state index is 14.0. The van der Waals surface area contributed by atoms with Crippen molar-refractivity contribution >= 4 is 27.5 Å². The maximum Gasteiger partial charge on any atom is 0.243 e. The van der Waals surface area contributed by atoms with Crippen LogP contribution in [0.2, 0.25) is 0 Å². The van der Waals surface area contributed by atoms with Gasteiger partial charge in [-0.25, -0.2) is 12.8 Å². The van der Waals surface area contributed by atoms with Crippen molar-refractivity contribution in [1.82, 2.24) is 10.2 Å². The Bertz CT molecular complexity index is 1510. The summed E-state index contributed by atoms with van der Waals surface area (Å²) in [5.41, 5.74) is 4.22. The molecule has 3 aromatic rings. The number of benzene rings is 3. The van der Waals surface area contributed by atoms with Gasteiger partial charge in [0.25, 0.3) is 0 Å². The SMILES string of the molecule is Cc1ccc(N(CCCC(=O)N(Cc2ccc(F)cc2)[C@H](Cc2ccccc2)C(=O)NC2CCCCC2)S(C)(=O)=O)cc1C. The third-order valence-electron chi connectivity index (χ3n) is 8.42. The minimum Gasteiger partial charge on any atom is -0.352 e. The minimum atomic E-state index is -3.60. The number of anilines is 1. The second-order valence-corrected chi connectivity index (χ2v) is 13.8. The van der Waals surface area contributed by atoms with Crippen LogP contribution in [0.5, 0.6) is 0 Å². The van der Waals surface area contributed by atoms with Crippen LogP contribution in [0, 0.1) is 19.7 Å². The highest BCUT2D eigenvalue weighted by Crippen LogP contribution is 2.23. The summed E-state index contributed by atoms with van der Waals surface area (Å²) >= 11 is 0. The standard InChI is InChI=1S/C35H44FN3O4S/c1-26-16-21-32(23-27(26)2)39(44(3,42)43)22-10-15-34(40)38(25-29-17-19-30(36)20-18-29)33(24-28-11-6-4-7-12-28)35(41)37-31-13-8-5-9-14-31/h4,6-7,11-12,16-21,23,31,33H,5,8-10,13-15,22,24-25H2,1-3H3,(H,37,41)/t33-/m1/s1. The Morgan fingerprint density at radius 3 is 2.23 bits per heavy atom. The topological polar surface area (TPSA) is 86.8 Å². The number of nitrogens with one attached hydrogen (secondary N) is 1. The third-order valence-corrected chi connectivity index (χ3v) is 9.61. The molecule has 0 saturated heterocycles. The van der Waals surface area contributed by atoms with Crippen molar-refractivity contribution in [1.29, 1.82) is 0 Å². The van der Waals surface area contributed by atoms with E-state index in [2.05, 4.69) is 5.32 Å². The van der Waals surface area contributed by atoms with E-state index >= 15 is 0 Å². The first-order valence-corrected chi connectivity index (χ1v) is 17.3. The van der Waals surface area contributed by atoms with Gasteiger partial charge in [-0.05, 0) is 79.6 Å². The maximum atomic E-state index is 14.0. The molecule has 1 saturated carbocycles. The molecular formula is C35H44FN3O4S. The Morgan fingerprint density at radius 1 is 0.909 bits per heavy atom. The van der Waals surface area contributed by atoms with Gasteiger partial charge >= 0.3 is 0 Å². The predicted molar refractivity (Wildman–Crippen MR) is 173 cm³/mol. The average molecular weight is 622 g/mol. The lowest BCUT2D eigenvalue weighted by Crippen LogP contribution is -2.52. The van der Waals surface area contributed by atoms with Gasteiger partial charge in [0.1, 0.15) is 11.9 Å². The molecule has 1 aliphatic carbocycles. The zero-order valence-electron chi connectivity index (χ0n) is 26.0. The van der Waals surface area contributed by atoms with Crippen molar-refractivity contribution in [2.45, 2.75) is 83.8 Å². The van der Waals surface area contributed by atoms with Crippen LogP contribution < -0.4 is 9.62 Å². The summed E-state index contributed by atoms with van der Waals surface area (Å²) in [5, 5.41) is 3.21. The van der Waals surface area contributed by atoms with Gasteiger partial charge in [0, 0.05) is 32.0 Å². The number of hydrogen-bond acceptors (Lipinski definition) is 4. The van der Waals surface area contributed by atoms with Crippen LogP contribution in [0.25, 0.3) is 0 Å². The molecule has 0 bridgehead atoms. The van der Waals surface area contributed by atoms with Crippen LogP contribution in [0.3, 0.4) is 0 Å². The first-order chi connectivity index (χ1) is 21.0. The molecule has 44 heavy (non-hydrogen) atoms. The molecule has 2 amide bonds. The second-order valence-electron chi connectivity index (χ2n) is 11.9. The Hall–Kier alpha value is -3.72. The van der Waals surface area contributed by atoms with Crippen LogP contribution in [-0.2, 0) is 32.6 Å². The molecule has 0 radical (unpaired) electrons. The number of amides is 2. The van der Waals surface area contributed by atoms with Gasteiger partial charge in [0.15, 0.2) is 0 Å². The van der Waals surface area contributed by atoms with Gasteiger partial charge in [0.05, 0.1) is 11.9 Å². The molecule has 0 aliphatic heterocycles. The van der Waals surface area contributed by atoms with Crippen LogP contribution in [0.15, 0.2) is 72.8 Å². The Kier molecular flexibility index (Phi) is 11.6. The lowest BCUT2D eigenvalue weighted by atomic mass is 9.94. The van der Waals surface area contributed by atoms with E-state index < -0.39 is 16.1 Å². The molecule has 1 N–H and O–H groups in total. The lowest BCUT2D eigenvalue weighted by Gasteiger charge is -2.34. The van der Waals surface area contributed by atoms with Gasteiger partial charge in [-0.3, -0.25) is 13.9 Å². The summed E-state index contributed by atoms with van der Waals surface area (Å²) in [5.74, 6) is -0.846. The summed E-state index contributed by atoms with van der Waals surface area (Å²) in [6.07, 6.45) is 6.89. The van der Waals surface area contributed by atoms with Crippen molar-refractivity contribution in [2.75, 3.05) is 17.1 Å². The van der Waals surface area contributed by atoms with Crippen LogP contribution >= 0.6 is 0 Å². The normalized spacial score (nSPS) is 14.5. The molecule has 236 valence electrons. The van der Waals surface area contributed by atoms with Gasteiger partial charge in [-0.2, -0.15) is 0 Å². The van der Waals surface area contributed by atoms with E-state index in [4.69, 9.17) is 0 Å². The van der Waals surface area contributed by atoms with Crippen molar-refractivity contribution in [3.8, 4) is 0 Å². The van der Waals surface area contributed by atoms with Crippen LogP contribution in [0.1, 0.15) is 67.2 Å². The van der Waals surface area contributed by atoms with Crippen molar-refractivity contribution < 1.29 is 22.4 Å². The van der Waals surface area contributed by atoms with E-state index in [9.17, 15) is 22.4 Å². The quantitative estimate of drug-likeness (QED) is 0.251. The molecular weight excluding hydrogens is 577 g/mol. The lowest BCUT2D eigenvalue weighted by molar-refractivity contribution is -0.141. The summed E-state index contributed by atoms with van der Waals surface area (Å²) in [4.78, 5) is 29.5. The highest BCUT2D eigenvalue weighted by Gasteiger charge is 2.32. The van der Waals surface area contributed by atoms with E-state index in [1.165, 1.54) is 16.4 Å². The van der Waals surface area contributed by atoms with Gasteiger partial charge in [0.2, 0.25) is 21.8 Å². The van der Waals surface area contributed by atoms with E-state index in [0.717, 1.165) is 55.1 Å². The Balaban J connectivity index is 1.59. The third kappa shape index (κ3) is 9.39. The smallest absolute Gasteiger partial charge is 0.243 e. The molecule has 4 rings (SSSR count). The van der Waals surface area contributed by atoms with E-state index in [0.29, 0.717) is 17.7 Å². The predicted octanol–water partition coefficient (Wildman–Crippen LogP) is 6.08. The minimum absolute atomic E-state index is 0.0417. The van der Waals surface area contributed by atoms with Gasteiger partial charge in [-0.15, -0.1) is 0 Å². The van der Waals surface area contributed by atoms with Crippen molar-refractivity contribution in [3.05, 3.63) is 101 Å². The van der Waals surface area contributed by atoms with Crippen LogP contribution in [0.4, 0.5) is 10.1 Å². The molecule has 0 aromatic heterocycles. The zero-order valence-corrected chi connectivity index (χ0v) is 26.8. The first-order valence-electron chi connectivity index (χ1n) is 15.4. The Labute approximate surface area is 261 Å². The number of nitrogens with zero attached hydrogens (tertiary/aromatic N) is 2. The zero-order chi connectivity index (χ0) is 31.7. The second kappa shape index (κ2) is 15.3. The summed E-state index contributed by atoms with van der Waals surface area (Å²) in [6.45, 7) is 4.15. The molecule has 1 fully saturated rings. The van der Waals surface area contributed by atoms with Crippen molar-refractivity contribution in [3.63, 3.8) is 0 Å². The fourth-order valence-electron chi connectivity index (χ4n) is 5.77. The summed E-state index contributed by atoms with van der Waals surface area (Å²) in [6, 6.07) is 20.3. The van der Waals surface area contributed by atoms with Crippen LogP contribution in [-0.4, -0.2) is 50.0 Å². The first kappa shape index (κ1) is 33.2. The van der Waals surface area contributed by atoms with Gasteiger partial charge in [-0.1, -0.05) is 67.8 Å². The number of carbonyl (C=O) groups is 2. The van der Waals surface area contributed by atoms with E-state index in [1.807, 2.05) is 56.3 Å². The summed E-state index contributed by atoms with van der Waals surface area (Å²) < 4.78 is 40.6. The molecule has 3 aromatic carbocycles. The summed E-state index contributed by atoms with van der Waals surface area (Å²) in [7, 11) is -3.60. The Morgan fingerprint density at radius 2 is 1.59 bits per heavy atom. The number of rotatable bonds is 13. The number of halogens is 1. The fourth-order valence-corrected chi connectivity index (χ4v) is 6.73. The monoisotopic (exact) mass is 621 g/mol. The number of hydrogen-bond donors (Lipinski definition) is 1. The van der Waals surface area contributed by atoms with Gasteiger partial charge < -0.3 is 10.2 Å². The fraction of sp³-hybridized carbons (Fsp3) is 0.429. The molecule has 7 nitrogen and oxygen atoms in total. The largest absolute Gasteiger partial charge is 0.352 e. The number of sulfonamides is 1. The molecule has 0 heterocycles. The van der Waals surface area contributed by atoms with E-state index in [-0.39, 0.29) is 49.6 Å². The average Bonchev–Trinajstić information content (AvgIpc) is 3.00. The highest BCUT2D eigenvalue weighted by atomic mass is 32.2. The molecule has 1 aliphatic rings. The number of aryl methyl sites for hydroxylation is 2. The van der Waals surface area contributed by atoms with E-state index in [1.54, 1.807) is 23.1 Å². The molecule has 0 spiro atoms. The number of carbonyl (C=O) groups excluding carboxylic acids is 2. The molecule has 9 heteroatoms. The molecule has 1 atom stereocenters. The molecule has 0 unspecified atom stereocenters. The highest BCUT2D eigenvalue weighted by molar-refractivity contribution is 7.92.